The van der Waals surface area contributed by atoms with E-state index in [2.05, 4.69) is 4.98 Å². The van der Waals surface area contributed by atoms with Crippen molar-refractivity contribution in [1.82, 2.24) is 4.98 Å². The molecule has 0 aliphatic carbocycles. The van der Waals surface area contributed by atoms with Crippen molar-refractivity contribution in [2.45, 2.75) is 6.92 Å². The number of pyridine rings is 1. The molecule has 3 nitrogen and oxygen atoms in total. The zero-order chi connectivity index (χ0) is 14.0. The van der Waals surface area contributed by atoms with Gasteiger partial charge in [-0.3, -0.25) is 0 Å². The standard InChI is InChI=1S/C13H12Cl2FN3/c1-2-19(11-6-4-3-5-10(11)16)13-9(15)7-8(14)12(17)18-13/h3-7H,2H2,1H3,(H2,17,18). The first-order valence-electron chi connectivity index (χ1n) is 5.68. The molecule has 1 heterocycles. The maximum atomic E-state index is 13.9. The van der Waals surface area contributed by atoms with Crippen molar-refractivity contribution in [2.24, 2.45) is 0 Å². The molecule has 0 bridgehead atoms. The number of anilines is 3. The monoisotopic (exact) mass is 299 g/mol. The van der Waals surface area contributed by atoms with Crippen molar-refractivity contribution < 1.29 is 4.39 Å². The highest BCUT2D eigenvalue weighted by Gasteiger charge is 2.17. The van der Waals surface area contributed by atoms with Gasteiger partial charge in [-0.15, -0.1) is 0 Å². The Kier molecular flexibility index (Phi) is 4.12. The Morgan fingerprint density at radius 2 is 1.95 bits per heavy atom. The average molecular weight is 300 g/mol. The topological polar surface area (TPSA) is 42.2 Å². The lowest BCUT2D eigenvalue weighted by Crippen LogP contribution is -2.19. The third-order valence-corrected chi connectivity index (χ3v) is 3.23. The summed E-state index contributed by atoms with van der Waals surface area (Å²) in [6.07, 6.45) is 0. The number of hydrogen-bond donors (Lipinski definition) is 1. The number of para-hydroxylation sites is 1. The highest BCUT2D eigenvalue weighted by Crippen LogP contribution is 2.34. The van der Waals surface area contributed by atoms with Crippen LogP contribution in [0, 0.1) is 5.82 Å². The summed E-state index contributed by atoms with van der Waals surface area (Å²) in [5.41, 5.74) is 6.07. The Morgan fingerprint density at radius 1 is 1.26 bits per heavy atom. The smallest absolute Gasteiger partial charge is 0.154 e. The molecule has 6 heteroatoms. The van der Waals surface area contributed by atoms with Crippen LogP contribution in [0.2, 0.25) is 10.0 Å². The molecule has 0 amide bonds. The minimum absolute atomic E-state index is 0.163. The van der Waals surface area contributed by atoms with Gasteiger partial charge in [0, 0.05) is 6.54 Å². The second kappa shape index (κ2) is 5.63. The largest absolute Gasteiger partial charge is 0.382 e. The lowest BCUT2D eigenvalue weighted by molar-refractivity contribution is 0.625. The third-order valence-electron chi connectivity index (χ3n) is 2.65. The number of aromatic nitrogens is 1. The van der Waals surface area contributed by atoms with Crippen LogP contribution in [-0.4, -0.2) is 11.5 Å². The summed E-state index contributed by atoms with van der Waals surface area (Å²) in [5, 5.41) is 0.600. The summed E-state index contributed by atoms with van der Waals surface area (Å²) < 4.78 is 13.9. The van der Waals surface area contributed by atoms with Crippen LogP contribution in [0.1, 0.15) is 6.92 Å². The van der Waals surface area contributed by atoms with Crippen molar-refractivity contribution in [3.8, 4) is 0 Å². The summed E-state index contributed by atoms with van der Waals surface area (Å²) in [6.45, 7) is 2.37. The zero-order valence-corrected chi connectivity index (χ0v) is 11.7. The second-order valence-electron chi connectivity index (χ2n) is 3.86. The first-order chi connectivity index (χ1) is 9.04. The van der Waals surface area contributed by atoms with E-state index < -0.39 is 0 Å². The van der Waals surface area contributed by atoms with Gasteiger partial charge in [0.25, 0.3) is 0 Å². The summed E-state index contributed by atoms with van der Waals surface area (Å²) in [5.74, 6) is 0.197. The number of nitrogen functional groups attached to an aromatic ring is 1. The Morgan fingerprint density at radius 3 is 2.58 bits per heavy atom. The summed E-state index contributed by atoms with van der Waals surface area (Å²) in [4.78, 5) is 5.78. The van der Waals surface area contributed by atoms with Crippen molar-refractivity contribution >= 4 is 40.5 Å². The molecule has 0 aliphatic rings. The molecule has 0 fully saturated rings. The van der Waals surface area contributed by atoms with Gasteiger partial charge >= 0.3 is 0 Å². The van der Waals surface area contributed by atoms with Crippen LogP contribution in [-0.2, 0) is 0 Å². The summed E-state index contributed by atoms with van der Waals surface area (Å²) in [6, 6.07) is 7.91. The molecule has 2 aromatic rings. The molecule has 0 aliphatic heterocycles. The molecule has 0 unspecified atom stereocenters. The van der Waals surface area contributed by atoms with E-state index in [1.807, 2.05) is 6.92 Å². The van der Waals surface area contributed by atoms with E-state index >= 15 is 0 Å². The van der Waals surface area contributed by atoms with Crippen molar-refractivity contribution in [3.05, 3.63) is 46.2 Å². The predicted octanol–water partition coefficient (Wildman–Crippen LogP) is 4.27. The summed E-state index contributed by atoms with van der Waals surface area (Å²) >= 11 is 12.0. The third kappa shape index (κ3) is 2.74. The molecule has 19 heavy (non-hydrogen) atoms. The Labute approximate surface area is 120 Å². The molecule has 0 spiro atoms. The molecular weight excluding hydrogens is 288 g/mol. The molecule has 0 atom stereocenters. The van der Waals surface area contributed by atoms with E-state index in [0.29, 0.717) is 23.1 Å². The van der Waals surface area contributed by atoms with Crippen LogP contribution in [0.5, 0.6) is 0 Å². The van der Waals surface area contributed by atoms with Gasteiger partial charge in [0.1, 0.15) is 11.6 Å². The van der Waals surface area contributed by atoms with Crippen LogP contribution in [0.3, 0.4) is 0 Å². The van der Waals surface area contributed by atoms with Crippen LogP contribution in [0.25, 0.3) is 0 Å². The van der Waals surface area contributed by atoms with Gasteiger partial charge in [0.15, 0.2) is 5.82 Å². The van der Waals surface area contributed by atoms with Crippen LogP contribution >= 0.6 is 23.2 Å². The Balaban J connectivity index is 2.55. The number of benzene rings is 1. The minimum Gasteiger partial charge on any atom is -0.382 e. The highest BCUT2D eigenvalue weighted by atomic mass is 35.5. The number of halogens is 3. The van der Waals surface area contributed by atoms with Gasteiger partial charge in [0.2, 0.25) is 0 Å². The van der Waals surface area contributed by atoms with Crippen LogP contribution in [0.15, 0.2) is 30.3 Å². The fourth-order valence-electron chi connectivity index (χ4n) is 1.76. The number of nitrogens with zero attached hydrogens (tertiary/aromatic N) is 2. The first kappa shape index (κ1) is 13.9. The maximum absolute atomic E-state index is 13.9. The minimum atomic E-state index is -0.351. The predicted molar refractivity (Wildman–Crippen MR) is 77.7 cm³/mol. The number of rotatable bonds is 3. The lowest BCUT2D eigenvalue weighted by Gasteiger charge is -2.24. The van der Waals surface area contributed by atoms with Crippen molar-refractivity contribution in [2.75, 3.05) is 17.2 Å². The van der Waals surface area contributed by atoms with E-state index in [1.165, 1.54) is 12.1 Å². The van der Waals surface area contributed by atoms with Crippen molar-refractivity contribution in [3.63, 3.8) is 0 Å². The van der Waals surface area contributed by atoms with Gasteiger partial charge in [-0.25, -0.2) is 9.37 Å². The average Bonchev–Trinajstić information content (AvgIpc) is 2.38. The van der Waals surface area contributed by atoms with Gasteiger partial charge in [0.05, 0.1) is 15.7 Å². The molecule has 0 saturated heterocycles. The zero-order valence-electron chi connectivity index (χ0n) is 10.2. The Hall–Kier alpha value is -1.52. The van der Waals surface area contributed by atoms with Crippen molar-refractivity contribution in [1.29, 1.82) is 0 Å². The van der Waals surface area contributed by atoms with Crippen LogP contribution < -0.4 is 10.6 Å². The van der Waals surface area contributed by atoms with E-state index in [9.17, 15) is 4.39 Å². The van der Waals surface area contributed by atoms with E-state index in [-0.39, 0.29) is 16.7 Å². The molecule has 0 saturated carbocycles. The molecule has 2 rings (SSSR count). The number of hydrogen-bond acceptors (Lipinski definition) is 3. The van der Waals surface area contributed by atoms with E-state index in [4.69, 9.17) is 28.9 Å². The molecule has 1 aromatic carbocycles. The normalized spacial score (nSPS) is 10.5. The van der Waals surface area contributed by atoms with Gasteiger partial charge in [-0.05, 0) is 25.1 Å². The fourth-order valence-corrected chi connectivity index (χ4v) is 2.23. The molecule has 100 valence electrons. The molecule has 1 aromatic heterocycles. The van der Waals surface area contributed by atoms with Gasteiger partial charge in [-0.1, -0.05) is 35.3 Å². The first-order valence-corrected chi connectivity index (χ1v) is 6.43. The fraction of sp³-hybridized carbons (Fsp3) is 0.154. The van der Waals surface area contributed by atoms with E-state index in [0.717, 1.165) is 0 Å². The quantitative estimate of drug-likeness (QED) is 0.920. The molecule has 2 N–H and O–H groups in total. The molecule has 0 radical (unpaired) electrons. The second-order valence-corrected chi connectivity index (χ2v) is 4.67. The lowest BCUT2D eigenvalue weighted by atomic mass is 10.2. The van der Waals surface area contributed by atoms with Gasteiger partial charge < -0.3 is 10.6 Å². The molecular formula is C13H12Cl2FN3. The maximum Gasteiger partial charge on any atom is 0.154 e. The number of nitrogens with two attached hydrogens (primary N) is 1. The van der Waals surface area contributed by atoms with Gasteiger partial charge in [-0.2, -0.15) is 0 Å². The Bertz CT molecular complexity index is 604. The SMILES string of the molecule is CCN(c1ccccc1F)c1nc(N)c(Cl)cc1Cl. The van der Waals surface area contributed by atoms with E-state index in [1.54, 1.807) is 23.1 Å². The van der Waals surface area contributed by atoms with Crippen LogP contribution in [0.4, 0.5) is 21.7 Å². The summed E-state index contributed by atoms with van der Waals surface area (Å²) in [7, 11) is 0. The highest BCUT2D eigenvalue weighted by molar-refractivity contribution is 6.37.